The van der Waals surface area contributed by atoms with Gasteiger partial charge in [0.15, 0.2) is 6.10 Å². The van der Waals surface area contributed by atoms with Crippen LogP contribution in [0.3, 0.4) is 0 Å². The van der Waals surface area contributed by atoms with E-state index in [0.717, 1.165) is 18.6 Å². The molecule has 5 heteroatoms. The standard InChI is InChI=1S/C14H18N2O3/c1-15-13-5-2-9-6-10(3-4-12(9)13)18-8-11-7-16-14(17)19-11/h3-4,6,11,13,15H,2,5,7-8H2,1H3,(H,16,17). The minimum Gasteiger partial charge on any atom is -0.490 e. The van der Waals surface area contributed by atoms with Crippen molar-refractivity contribution < 1.29 is 14.3 Å². The van der Waals surface area contributed by atoms with Crippen molar-refractivity contribution in [3.8, 4) is 5.75 Å². The second kappa shape index (κ2) is 5.09. The first kappa shape index (κ1) is 12.3. The Labute approximate surface area is 112 Å². The van der Waals surface area contributed by atoms with Gasteiger partial charge in [-0.05, 0) is 43.1 Å². The molecule has 1 aromatic rings. The number of rotatable bonds is 4. The van der Waals surface area contributed by atoms with Gasteiger partial charge in [-0.2, -0.15) is 0 Å². The van der Waals surface area contributed by atoms with Crippen LogP contribution in [0.5, 0.6) is 5.75 Å². The topological polar surface area (TPSA) is 59.6 Å². The zero-order valence-corrected chi connectivity index (χ0v) is 10.9. The second-order valence-electron chi connectivity index (χ2n) is 4.96. The number of alkyl carbamates (subject to hydrolysis) is 1. The van der Waals surface area contributed by atoms with E-state index in [1.54, 1.807) is 0 Å². The fourth-order valence-electron chi connectivity index (χ4n) is 2.70. The number of fused-ring (bicyclic) bond motifs is 1. The lowest BCUT2D eigenvalue weighted by Crippen LogP contribution is -2.22. The number of aryl methyl sites for hydroxylation is 1. The van der Waals surface area contributed by atoms with Crippen LogP contribution >= 0.6 is 0 Å². The van der Waals surface area contributed by atoms with Crippen LogP contribution in [0.1, 0.15) is 23.6 Å². The smallest absolute Gasteiger partial charge is 0.407 e. The van der Waals surface area contributed by atoms with Gasteiger partial charge in [0.1, 0.15) is 12.4 Å². The summed E-state index contributed by atoms with van der Waals surface area (Å²) in [5, 5.41) is 5.93. The van der Waals surface area contributed by atoms with E-state index in [1.807, 2.05) is 13.1 Å². The van der Waals surface area contributed by atoms with Crippen molar-refractivity contribution in [2.75, 3.05) is 20.2 Å². The monoisotopic (exact) mass is 262 g/mol. The molecule has 1 saturated heterocycles. The minimum atomic E-state index is -0.362. The molecule has 0 aromatic heterocycles. The zero-order chi connectivity index (χ0) is 13.2. The molecule has 0 bridgehead atoms. The molecule has 2 atom stereocenters. The molecule has 19 heavy (non-hydrogen) atoms. The highest BCUT2D eigenvalue weighted by Crippen LogP contribution is 2.33. The van der Waals surface area contributed by atoms with E-state index in [4.69, 9.17) is 9.47 Å². The van der Waals surface area contributed by atoms with E-state index in [0.29, 0.717) is 19.2 Å². The van der Waals surface area contributed by atoms with Crippen molar-refractivity contribution in [3.63, 3.8) is 0 Å². The summed E-state index contributed by atoms with van der Waals surface area (Å²) in [6.45, 7) is 0.915. The molecule has 0 radical (unpaired) electrons. The Morgan fingerprint density at radius 3 is 3.16 bits per heavy atom. The third kappa shape index (κ3) is 2.51. The Morgan fingerprint density at radius 1 is 1.53 bits per heavy atom. The normalized spacial score (nSPS) is 24.8. The summed E-state index contributed by atoms with van der Waals surface area (Å²) < 4.78 is 10.7. The predicted molar refractivity (Wildman–Crippen MR) is 70.3 cm³/mol. The average Bonchev–Trinajstić information content (AvgIpc) is 3.01. The molecule has 2 unspecified atom stereocenters. The second-order valence-corrected chi connectivity index (χ2v) is 4.96. The van der Waals surface area contributed by atoms with Gasteiger partial charge in [0.05, 0.1) is 6.54 Å². The molecule has 1 aliphatic carbocycles. The first-order chi connectivity index (χ1) is 9.26. The summed E-state index contributed by atoms with van der Waals surface area (Å²) in [6.07, 6.45) is 1.67. The largest absolute Gasteiger partial charge is 0.490 e. The molecule has 1 aliphatic heterocycles. The van der Waals surface area contributed by atoms with E-state index in [-0.39, 0.29) is 12.2 Å². The third-order valence-electron chi connectivity index (χ3n) is 3.72. The minimum absolute atomic E-state index is 0.189. The van der Waals surface area contributed by atoms with E-state index >= 15 is 0 Å². The van der Waals surface area contributed by atoms with Crippen LogP contribution in [0.15, 0.2) is 18.2 Å². The van der Waals surface area contributed by atoms with Gasteiger partial charge in [-0.1, -0.05) is 6.07 Å². The Hall–Kier alpha value is -1.75. The van der Waals surface area contributed by atoms with E-state index in [1.165, 1.54) is 11.1 Å². The number of amides is 1. The van der Waals surface area contributed by atoms with Crippen molar-refractivity contribution in [3.05, 3.63) is 29.3 Å². The number of carbonyl (C=O) groups excluding carboxylic acids is 1. The number of nitrogens with one attached hydrogen (secondary N) is 2. The molecular formula is C14H18N2O3. The SMILES string of the molecule is CNC1CCc2cc(OCC3CNC(=O)O3)ccc21. The van der Waals surface area contributed by atoms with Gasteiger partial charge < -0.3 is 20.1 Å². The quantitative estimate of drug-likeness (QED) is 0.860. The maximum absolute atomic E-state index is 10.9. The van der Waals surface area contributed by atoms with Crippen LogP contribution in [-0.2, 0) is 11.2 Å². The fraction of sp³-hybridized carbons (Fsp3) is 0.500. The van der Waals surface area contributed by atoms with Crippen molar-refractivity contribution in [1.82, 2.24) is 10.6 Å². The summed E-state index contributed by atoms with van der Waals surface area (Å²) in [5.74, 6) is 0.846. The van der Waals surface area contributed by atoms with Gasteiger partial charge in [0.25, 0.3) is 0 Å². The highest BCUT2D eigenvalue weighted by atomic mass is 16.6. The first-order valence-corrected chi connectivity index (χ1v) is 6.63. The molecule has 2 N–H and O–H groups in total. The lowest BCUT2D eigenvalue weighted by Gasteiger charge is -2.13. The molecule has 3 rings (SSSR count). The number of hydrogen-bond donors (Lipinski definition) is 2. The van der Waals surface area contributed by atoms with Crippen LogP contribution < -0.4 is 15.4 Å². The molecular weight excluding hydrogens is 244 g/mol. The van der Waals surface area contributed by atoms with E-state index in [9.17, 15) is 4.79 Å². The summed E-state index contributed by atoms with van der Waals surface area (Å²) in [5.41, 5.74) is 2.71. The van der Waals surface area contributed by atoms with Gasteiger partial charge in [-0.15, -0.1) is 0 Å². The Morgan fingerprint density at radius 2 is 2.42 bits per heavy atom. The van der Waals surface area contributed by atoms with Crippen LogP contribution in [0.25, 0.3) is 0 Å². The van der Waals surface area contributed by atoms with E-state index in [2.05, 4.69) is 22.8 Å². The molecule has 1 fully saturated rings. The highest BCUT2D eigenvalue weighted by molar-refractivity contribution is 5.69. The maximum atomic E-state index is 10.9. The average molecular weight is 262 g/mol. The summed E-state index contributed by atoms with van der Waals surface area (Å²) in [7, 11) is 1.99. The van der Waals surface area contributed by atoms with Crippen molar-refractivity contribution in [2.24, 2.45) is 0 Å². The molecule has 5 nitrogen and oxygen atoms in total. The van der Waals surface area contributed by atoms with E-state index < -0.39 is 0 Å². The molecule has 0 saturated carbocycles. The number of cyclic esters (lactones) is 1. The number of benzene rings is 1. The third-order valence-corrected chi connectivity index (χ3v) is 3.72. The van der Waals surface area contributed by atoms with Crippen molar-refractivity contribution >= 4 is 6.09 Å². The van der Waals surface area contributed by atoms with Gasteiger partial charge in [-0.25, -0.2) is 4.79 Å². The van der Waals surface area contributed by atoms with Gasteiger partial charge in [-0.3, -0.25) is 0 Å². The maximum Gasteiger partial charge on any atom is 0.407 e. The molecule has 1 amide bonds. The molecule has 0 spiro atoms. The zero-order valence-electron chi connectivity index (χ0n) is 10.9. The fourth-order valence-corrected chi connectivity index (χ4v) is 2.70. The Bertz CT molecular complexity index is 490. The van der Waals surface area contributed by atoms with Gasteiger partial charge in [0, 0.05) is 6.04 Å². The molecule has 2 aliphatic rings. The van der Waals surface area contributed by atoms with Crippen LogP contribution in [0.2, 0.25) is 0 Å². The first-order valence-electron chi connectivity index (χ1n) is 6.63. The Balaban J connectivity index is 1.62. The van der Waals surface area contributed by atoms with Crippen molar-refractivity contribution in [2.45, 2.75) is 25.0 Å². The van der Waals surface area contributed by atoms with Gasteiger partial charge >= 0.3 is 6.09 Å². The van der Waals surface area contributed by atoms with Crippen LogP contribution in [-0.4, -0.2) is 32.4 Å². The number of hydrogen-bond acceptors (Lipinski definition) is 4. The van der Waals surface area contributed by atoms with Crippen LogP contribution in [0.4, 0.5) is 4.79 Å². The molecule has 102 valence electrons. The summed E-state index contributed by atoms with van der Waals surface area (Å²) >= 11 is 0. The van der Waals surface area contributed by atoms with Crippen molar-refractivity contribution in [1.29, 1.82) is 0 Å². The lowest BCUT2D eigenvalue weighted by molar-refractivity contribution is 0.105. The predicted octanol–water partition coefficient (Wildman–Crippen LogP) is 1.38. The summed E-state index contributed by atoms with van der Waals surface area (Å²) in [4.78, 5) is 10.9. The van der Waals surface area contributed by atoms with Crippen LogP contribution in [0, 0.1) is 0 Å². The molecule has 1 aromatic carbocycles. The lowest BCUT2D eigenvalue weighted by atomic mass is 10.1. The number of ether oxygens (including phenoxy) is 2. The molecule has 1 heterocycles. The Kier molecular flexibility index (Phi) is 3.29. The number of carbonyl (C=O) groups is 1. The van der Waals surface area contributed by atoms with Gasteiger partial charge in [0.2, 0.25) is 0 Å². The highest BCUT2D eigenvalue weighted by Gasteiger charge is 2.24. The summed E-state index contributed by atoms with van der Waals surface area (Å²) in [6, 6.07) is 6.66.